The molecule has 0 atom stereocenters. The molecule has 0 radical (unpaired) electrons. The van der Waals surface area contributed by atoms with Gasteiger partial charge in [0.1, 0.15) is 0 Å². The van der Waals surface area contributed by atoms with Gasteiger partial charge in [0.15, 0.2) is 17.5 Å². The molecule has 0 bridgehead atoms. The van der Waals surface area contributed by atoms with Gasteiger partial charge in [-0.15, -0.1) is 0 Å². The normalized spacial score (nSPS) is 10.4. The fourth-order valence-electron chi connectivity index (χ4n) is 1.29. The number of anilines is 1. The minimum atomic E-state index is -1.62. The van der Waals surface area contributed by atoms with Crippen LogP contribution in [0.25, 0.3) is 0 Å². The van der Waals surface area contributed by atoms with Crippen molar-refractivity contribution < 1.29 is 23.1 Å². The predicted molar refractivity (Wildman–Crippen MR) is 72.4 cm³/mol. The molecule has 8 heteroatoms. The first-order valence-corrected chi connectivity index (χ1v) is 7.08. The van der Waals surface area contributed by atoms with E-state index in [4.69, 9.17) is 5.11 Å². The van der Waals surface area contributed by atoms with E-state index in [0.717, 1.165) is 17.9 Å². The van der Waals surface area contributed by atoms with E-state index in [-0.39, 0.29) is 6.61 Å². The first kappa shape index (κ1) is 16.6. The minimum absolute atomic E-state index is 0.121. The monoisotopic (exact) mass is 308 g/mol. The molecule has 0 aliphatic carbocycles. The third kappa shape index (κ3) is 5.30. The molecule has 2 amide bonds. The number of aliphatic hydroxyl groups is 1. The number of benzene rings is 1. The molecule has 0 aliphatic heterocycles. The van der Waals surface area contributed by atoms with E-state index in [9.17, 15) is 18.0 Å². The Kier molecular flexibility index (Phi) is 7.24. The van der Waals surface area contributed by atoms with E-state index in [0.29, 0.717) is 18.7 Å². The zero-order valence-corrected chi connectivity index (χ0v) is 11.4. The summed E-state index contributed by atoms with van der Waals surface area (Å²) in [5.41, 5.74) is -0.422. The molecule has 0 spiro atoms. The van der Waals surface area contributed by atoms with Crippen LogP contribution >= 0.6 is 11.8 Å². The molecule has 0 fully saturated rings. The quantitative estimate of drug-likeness (QED) is 0.535. The van der Waals surface area contributed by atoms with Crippen LogP contribution in [0, 0.1) is 17.5 Å². The van der Waals surface area contributed by atoms with Crippen molar-refractivity contribution in [3.05, 3.63) is 29.6 Å². The number of halogens is 3. The van der Waals surface area contributed by atoms with Gasteiger partial charge in [0.05, 0.1) is 5.69 Å². The molecule has 0 saturated carbocycles. The Bertz CT molecular complexity index is 461. The van der Waals surface area contributed by atoms with Crippen molar-refractivity contribution in [2.24, 2.45) is 0 Å². The molecular weight excluding hydrogens is 293 g/mol. The number of carbonyl (C=O) groups is 1. The summed E-state index contributed by atoms with van der Waals surface area (Å²) < 4.78 is 38.9. The molecule has 1 aromatic rings. The van der Waals surface area contributed by atoms with Crippen LogP contribution in [-0.2, 0) is 0 Å². The van der Waals surface area contributed by atoms with Crippen LogP contribution < -0.4 is 10.6 Å². The standard InChI is InChI=1S/C12H15F3N2O2S/c13-8-2-3-9(11(15)10(8)14)17-12(19)16-4-7-20-6-1-5-18/h2-3,18H,1,4-7H2,(H2,16,17,19). The van der Waals surface area contributed by atoms with Crippen LogP contribution in [0.3, 0.4) is 0 Å². The van der Waals surface area contributed by atoms with Gasteiger partial charge < -0.3 is 15.7 Å². The van der Waals surface area contributed by atoms with Crippen molar-refractivity contribution in [1.82, 2.24) is 5.32 Å². The molecule has 0 aliphatic rings. The maximum atomic E-state index is 13.3. The zero-order valence-electron chi connectivity index (χ0n) is 10.6. The number of nitrogens with one attached hydrogen (secondary N) is 2. The second-order valence-corrected chi connectivity index (χ2v) is 5.02. The summed E-state index contributed by atoms with van der Waals surface area (Å²) in [6, 6.07) is 0.986. The third-order valence-electron chi connectivity index (χ3n) is 2.26. The summed E-state index contributed by atoms with van der Waals surface area (Å²) in [5.74, 6) is -2.96. The van der Waals surface area contributed by atoms with E-state index in [1.165, 1.54) is 0 Å². The van der Waals surface area contributed by atoms with Crippen molar-refractivity contribution in [1.29, 1.82) is 0 Å². The average molecular weight is 308 g/mol. The maximum absolute atomic E-state index is 13.3. The van der Waals surface area contributed by atoms with Gasteiger partial charge in [-0.1, -0.05) is 0 Å². The molecule has 0 heterocycles. The van der Waals surface area contributed by atoms with Crippen molar-refractivity contribution in [2.75, 3.05) is 30.0 Å². The number of urea groups is 1. The third-order valence-corrected chi connectivity index (χ3v) is 3.33. The fourth-order valence-corrected chi connectivity index (χ4v) is 2.08. The molecular formula is C12H15F3N2O2S. The summed E-state index contributed by atoms with van der Waals surface area (Å²) in [6.07, 6.45) is 0.678. The van der Waals surface area contributed by atoms with Crippen LogP contribution in [0.1, 0.15) is 6.42 Å². The van der Waals surface area contributed by atoms with Gasteiger partial charge in [0.25, 0.3) is 0 Å². The van der Waals surface area contributed by atoms with Crippen molar-refractivity contribution in [3.8, 4) is 0 Å². The molecule has 4 nitrogen and oxygen atoms in total. The van der Waals surface area contributed by atoms with Gasteiger partial charge in [-0.05, 0) is 24.3 Å². The SMILES string of the molecule is O=C(NCCSCCCO)Nc1ccc(F)c(F)c1F. The molecule has 0 saturated heterocycles. The van der Waals surface area contributed by atoms with Crippen LogP contribution in [0.2, 0.25) is 0 Å². The molecule has 1 aromatic carbocycles. The lowest BCUT2D eigenvalue weighted by atomic mass is 10.3. The van der Waals surface area contributed by atoms with Crippen LogP contribution in [0.5, 0.6) is 0 Å². The van der Waals surface area contributed by atoms with Crippen LogP contribution in [-0.4, -0.2) is 35.8 Å². The van der Waals surface area contributed by atoms with E-state index >= 15 is 0 Å². The fraction of sp³-hybridized carbons (Fsp3) is 0.417. The van der Waals surface area contributed by atoms with Gasteiger partial charge in [-0.25, -0.2) is 18.0 Å². The molecule has 3 N–H and O–H groups in total. The number of amides is 2. The van der Waals surface area contributed by atoms with Crippen LogP contribution in [0.15, 0.2) is 12.1 Å². The average Bonchev–Trinajstić information content (AvgIpc) is 2.43. The summed E-state index contributed by atoms with van der Waals surface area (Å²) >= 11 is 1.55. The van der Waals surface area contributed by atoms with Gasteiger partial charge in [0, 0.05) is 18.9 Å². The number of thioether (sulfide) groups is 1. The highest BCUT2D eigenvalue weighted by Crippen LogP contribution is 2.19. The lowest BCUT2D eigenvalue weighted by Crippen LogP contribution is -2.31. The Morgan fingerprint density at radius 3 is 2.65 bits per heavy atom. The number of carbonyl (C=O) groups excluding carboxylic acids is 1. The van der Waals surface area contributed by atoms with Crippen molar-refractivity contribution >= 4 is 23.5 Å². The number of hydrogen-bond acceptors (Lipinski definition) is 3. The summed E-state index contributed by atoms with van der Waals surface area (Å²) in [6.45, 7) is 0.462. The topological polar surface area (TPSA) is 61.4 Å². The van der Waals surface area contributed by atoms with Crippen molar-refractivity contribution in [2.45, 2.75) is 6.42 Å². The molecule has 20 heavy (non-hydrogen) atoms. The van der Waals surface area contributed by atoms with E-state index < -0.39 is 29.2 Å². The van der Waals surface area contributed by atoms with Gasteiger partial charge >= 0.3 is 6.03 Å². The van der Waals surface area contributed by atoms with Crippen LogP contribution in [0.4, 0.5) is 23.7 Å². The first-order chi connectivity index (χ1) is 9.56. The Labute approximate surface area is 118 Å². The Balaban J connectivity index is 2.34. The zero-order chi connectivity index (χ0) is 15.0. The Morgan fingerprint density at radius 1 is 1.20 bits per heavy atom. The number of aliphatic hydroxyl groups excluding tert-OH is 1. The summed E-state index contributed by atoms with van der Waals surface area (Å²) in [5, 5.41) is 13.1. The summed E-state index contributed by atoms with van der Waals surface area (Å²) in [7, 11) is 0. The maximum Gasteiger partial charge on any atom is 0.319 e. The lowest BCUT2D eigenvalue weighted by molar-refractivity contribution is 0.252. The number of rotatable bonds is 7. The van der Waals surface area contributed by atoms with Crippen molar-refractivity contribution in [3.63, 3.8) is 0 Å². The summed E-state index contributed by atoms with van der Waals surface area (Å²) in [4.78, 5) is 11.4. The largest absolute Gasteiger partial charge is 0.396 e. The smallest absolute Gasteiger partial charge is 0.319 e. The number of hydrogen-bond donors (Lipinski definition) is 3. The molecule has 0 aromatic heterocycles. The van der Waals surface area contributed by atoms with Gasteiger partial charge in [-0.2, -0.15) is 11.8 Å². The Morgan fingerprint density at radius 2 is 1.95 bits per heavy atom. The second kappa shape index (κ2) is 8.70. The molecule has 0 unspecified atom stereocenters. The highest BCUT2D eigenvalue weighted by molar-refractivity contribution is 7.99. The highest BCUT2D eigenvalue weighted by atomic mass is 32.2. The van der Waals surface area contributed by atoms with E-state index in [2.05, 4.69) is 10.6 Å². The second-order valence-electron chi connectivity index (χ2n) is 3.79. The van der Waals surface area contributed by atoms with Gasteiger partial charge in [-0.3, -0.25) is 0 Å². The Hall–Kier alpha value is -1.41. The lowest BCUT2D eigenvalue weighted by Gasteiger charge is -2.08. The first-order valence-electron chi connectivity index (χ1n) is 5.93. The van der Waals surface area contributed by atoms with E-state index in [1.54, 1.807) is 11.8 Å². The van der Waals surface area contributed by atoms with Gasteiger partial charge in [0.2, 0.25) is 0 Å². The highest BCUT2D eigenvalue weighted by Gasteiger charge is 2.14. The molecule has 112 valence electrons. The molecule has 1 rings (SSSR count). The minimum Gasteiger partial charge on any atom is -0.396 e. The van der Waals surface area contributed by atoms with E-state index in [1.807, 2.05) is 0 Å². The predicted octanol–water partition coefficient (Wildman–Crippen LogP) is 2.34.